The molecule has 0 rings (SSSR count). The standard InChI is InChI=1S/C11H22Cl2O/c1-10(2)11(8-12,9-13)6-4-5-7-14-3/h10H,4-9H2,1-3H3. The first-order valence-corrected chi connectivity index (χ1v) is 6.30. The Morgan fingerprint density at radius 1 is 1.14 bits per heavy atom. The van der Waals surface area contributed by atoms with Crippen LogP contribution in [0.4, 0.5) is 0 Å². The first-order chi connectivity index (χ1) is 6.63. The summed E-state index contributed by atoms with van der Waals surface area (Å²) in [5, 5.41) is 0. The Hall–Kier alpha value is 0.540. The number of alkyl halides is 2. The molecule has 0 aliphatic heterocycles. The van der Waals surface area contributed by atoms with Gasteiger partial charge in [-0.15, -0.1) is 23.2 Å². The normalized spacial score (nSPS) is 12.4. The number of unbranched alkanes of at least 4 members (excludes halogenated alkanes) is 1. The third-order valence-electron chi connectivity index (χ3n) is 3.03. The van der Waals surface area contributed by atoms with E-state index >= 15 is 0 Å². The smallest absolute Gasteiger partial charge is 0.0462 e. The molecular formula is C11H22Cl2O. The Bertz CT molecular complexity index is 133. The van der Waals surface area contributed by atoms with E-state index < -0.39 is 0 Å². The summed E-state index contributed by atoms with van der Waals surface area (Å²) in [4.78, 5) is 0. The Balaban J connectivity index is 3.95. The number of ether oxygens (including phenoxy) is 1. The van der Waals surface area contributed by atoms with Crippen molar-refractivity contribution in [1.82, 2.24) is 0 Å². The molecule has 0 aliphatic carbocycles. The molecule has 14 heavy (non-hydrogen) atoms. The van der Waals surface area contributed by atoms with E-state index in [-0.39, 0.29) is 5.41 Å². The molecule has 0 radical (unpaired) electrons. The van der Waals surface area contributed by atoms with Crippen LogP contribution in [0, 0.1) is 11.3 Å². The second kappa shape index (κ2) is 7.78. The van der Waals surface area contributed by atoms with Gasteiger partial charge in [-0.25, -0.2) is 0 Å². The highest BCUT2D eigenvalue weighted by atomic mass is 35.5. The highest BCUT2D eigenvalue weighted by Crippen LogP contribution is 2.36. The maximum Gasteiger partial charge on any atom is 0.0462 e. The lowest BCUT2D eigenvalue weighted by atomic mass is 9.76. The Morgan fingerprint density at radius 3 is 2.07 bits per heavy atom. The van der Waals surface area contributed by atoms with Crippen LogP contribution in [-0.4, -0.2) is 25.5 Å². The van der Waals surface area contributed by atoms with Gasteiger partial charge in [0.1, 0.15) is 0 Å². The Morgan fingerprint density at radius 2 is 1.71 bits per heavy atom. The van der Waals surface area contributed by atoms with Crippen molar-refractivity contribution < 1.29 is 4.74 Å². The lowest BCUT2D eigenvalue weighted by Gasteiger charge is -2.34. The van der Waals surface area contributed by atoms with Crippen LogP contribution < -0.4 is 0 Å². The first kappa shape index (κ1) is 14.5. The van der Waals surface area contributed by atoms with Gasteiger partial charge in [-0.1, -0.05) is 20.3 Å². The largest absolute Gasteiger partial charge is 0.385 e. The summed E-state index contributed by atoms with van der Waals surface area (Å²) in [5.41, 5.74) is 0.108. The molecule has 1 nitrogen and oxygen atoms in total. The van der Waals surface area contributed by atoms with Gasteiger partial charge in [-0.3, -0.25) is 0 Å². The molecule has 0 N–H and O–H groups in total. The molecule has 0 saturated heterocycles. The minimum absolute atomic E-state index is 0.108. The summed E-state index contributed by atoms with van der Waals surface area (Å²) in [7, 11) is 1.73. The van der Waals surface area contributed by atoms with E-state index in [2.05, 4.69) is 13.8 Å². The van der Waals surface area contributed by atoms with Gasteiger partial charge in [0.2, 0.25) is 0 Å². The fourth-order valence-corrected chi connectivity index (χ4v) is 2.66. The van der Waals surface area contributed by atoms with Crippen molar-refractivity contribution in [3.63, 3.8) is 0 Å². The third kappa shape index (κ3) is 4.37. The molecule has 0 unspecified atom stereocenters. The van der Waals surface area contributed by atoms with Gasteiger partial charge in [0.25, 0.3) is 0 Å². The van der Waals surface area contributed by atoms with Gasteiger partial charge in [-0.2, -0.15) is 0 Å². The molecular weight excluding hydrogens is 219 g/mol. The van der Waals surface area contributed by atoms with Crippen LogP contribution in [-0.2, 0) is 4.74 Å². The van der Waals surface area contributed by atoms with Crippen molar-refractivity contribution in [2.24, 2.45) is 11.3 Å². The third-order valence-corrected chi connectivity index (χ3v) is 4.09. The van der Waals surface area contributed by atoms with Gasteiger partial charge >= 0.3 is 0 Å². The van der Waals surface area contributed by atoms with Crippen molar-refractivity contribution in [1.29, 1.82) is 0 Å². The minimum atomic E-state index is 0.108. The molecule has 0 aromatic heterocycles. The van der Waals surface area contributed by atoms with E-state index in [1.54, 1.807) is 7.11 Å². The average molecular weight is 241 g/mol. The molecule has 0 bridgehead atoms. The average Bonchev–Trinajstić information content (AvgIpc) is 2.18. The lowest BCUT2D eigenvalue weighted by molar-refractivity contribution is 0.177. The predicted molar refractivity (Wildman–Crippen MR) is 64.4 cm³/mol. The molecule has 3 heteroatoms. The number of halogens is 2. The second-order valence-electron chi connectivity index (χ2n) is 4.23. The summed E-state index contributed by atoms with van der Waals surface area (Å²) in [6, 6.07) is 0. The second-order valence-corrected chi connectivity index (χ2v) is 4.77. The zero-order valence-electron chi connectivity index (χ0n) is 9.48. The molecule has 0 aliphatic rings. The molecule has 0 fully saturated rings. The quantitative estimate of drug-likeness (QED) is 0.462. The minimum Gasteiger partial charge on any atom is -0.385 e. The SMILES string of the molecule is COCCCCC(CCl)(CCl)C(C)C. The molecule has 0 aromatic carbocycles. The van der Waals surface area contributed by atoms with Crippen LogP contribution in [0.3, 0.4) is 0 Å². The molecule has 86 valence electrons. The van der Waals surface area contributed by atoms with Crippen molar-refractivity contribution in [2.45, 2.75) is 33.1 Å². The Kier molecular flexibility index (Phi) is 8.08. The van der Waals surface area contributed by atoms with Crippen molar-refractivity contribution >= 4 is 23.2 Å². The van der Waals surface area contributed by atoms with Crippen molar-refractivity contribution in [3.8, 4) is 0 Å². The van der Waals surface area contributed by atoms with E-state index in [4.69, 9.17) is 27.9 Å². The topological polar surface area (TPSA) is 9.23 Å². The zero-order valence-corrected chi connectivity index (χ0v) is 11.0. The van der Waals surface area contributed by atoms with Gasteiger partial charge in [0.15, 0.2) is 0 Å². The summed E-state index contributed by atoms with van der Waals surface area (Å²) < 4.78 is 5.02. The maximum atomic E-state index is 6.02. The van der Waals surface area contributed by atoms with Crippen LogP contribution in [0.15, 0.2) is 0 Å². The zero-order chi connectivity index (χ0) is 11.0. The van der Waals surface area contributed by atoms with Crippen LogP contribution in [0.2, 0.25) is 0 Å². The van der Waals surface area contributed by atoms with E-state index in [1.807, 2.05) is 0 Å². The fraction of sp³-hybridized carbons (Fsp3) is 1.00. The highest BCUT2D eigenvalue weighted by Gasteiger charge is 2.31. The van der Waals surface area contributed by atoms with Crippen LogP contribution in [0.25, 0.3) is 0 Å². The highest BCUT2D eigenvalue weighted by molar-refractivity contribution is 6.21. The maximum absolute atomic E-state index is 6.02. The number of methoxy groups -OCH3 is 1. The lowest BCUT2D eigenvalue weighted by Crippen LogP contribution is -2.31. The summed E-state index contributed by atoms with van der Waals surface area (Å²) >= 11 is 12.0. The Labute approximate surface area is 98.1 Å². The molecule has 0 saturated carbocycles. The fourth-order valence-electron chi connectivity index (χ4n) is 1.49. The van der Waals surface area contributed by atoms with Gasteiger partial charge in [0, 0.05) is 25.5 Å². The monoisotopic (exact) mass is 240 g/mol. The first-order valence-electron chi connectivity index (χ1n) is 5.24. The predicted octanol–water partition coefficient (Wildman–Crippen LogP) is 3.92. The number of hydrogen-bond donors (Lipinski definition) is 0. The van der Waals surface area contributed by atoms with Crippen LogP contribution in [0.5, 0.6) is 0 Å². The summed E-state index contributed by atoms with van der Waals surface area (Å²) in [5.74, 6) is 1.85. The number of rotatable bonds is 8. The molecule has 0 aromatic rings. The van der Waals surface area contributed by atoms with Crippen LogP contribution >= 0.6 is 23.2 Å². The van der Waals surface area contributed by atoms with Crippen molar-refractivity contribution in [3.05, 3.63) is 0 Å². The molecule has 0 spiro atoms. The van der Waals surface area contributed by atoms with Gasteiger partial charge in [-0.05, 0) is 24.2 Å². The van der Waals surface area contributed by atoms with Crippen LogP contribution in [0.1, 0.15) is 33.1 Å². The van der Waals surface area contributed by atoms with E-state index in [1.165, 1.54) is 0 Å². The van der Waals surface area contributed by atoms with Crippen molar-refractivity contribution in [2.75, 3.05) is 25.5 Å². The molecule has 0 amide bonds. The van der Waals surface area contributed by atoms with E-state index in [0.29, 0.717) is 17.7 Å². The summed E-state index contributed by atoms with van der Waals surface area (Å²) in [6.07, 6.45) is 3.34. The number of hydrogen-bond acceptors (Lipinski definition) is 1. The van der Waals surface area contributed by atoms with E-state index in [9.17, 15) is 0 Å². The molecule has 0 atom stereocenters. The van der Waals surface area contributed by atoms with Gasteiger partial charge < -0.3 is 4.74 Å². The van der Waals surface area contributed by atoms with Gasteiger partial charge in [0.05, 0.1) is 0 Å². The van der Waals surface area contributed by atoms with E-state index in [0.717, 1.165) is 25.9 Å². The summed E-state index contributed by atoms with van der Waals surface area (Å²) in [6.45, 7) is 5.22. The molecule has 0 heterocycles.